The summed E-state index contributed by atoms with van der Waals surface area (Å²) in [5, 5.41) is 14.9. The van der Waals surface area contributed by atoms with Crippen molar-refractivity contribution in [3.8, 4) is 0 Å². The van der Waals surface area contributed by atoms with Crippen LogP contribution in [0.15, 0.2) is 4.47 Å². The molecule has 4 heteroatoms. The molecule has 0 saturated heterocycles. The summed E-state index contributed by atoms with van der Waals surface area (Å²) in [6, 6.07) is 0. The minimum absolute atomic E-state index is 0.541. The summed E-state index contributed by atoms with van der Waals surface area (Å²) >= 11 is 3.52. The average Bonchev–Trinajstić information content (AvgIpc) is 2.47. The molecular formula is C12H19BrN2O. The molecule has 16 heavy (non-hydrogen) atoms. The number of aromatic nitrogens is 2. The quantitative estimate of drug-likeness (QED) is 0.908. The zero-order chi connectivity index (χ0) is 11.8. The molecule has 1 aromatic heterocycles. The number of halogens is 1. The van der Waals surface area contributed by atoms with Gasteiger partial charge in [-0.2, -0.15) is 5.10 Å². The van der Waals surface area contributed by atoms with Gasteiger partial charge in [0.2, 0.25) is 0 Å². The zero-order valence-corrected chi connectivity index (χ0v) is 11.5. The van der Waals surface area contributed by atoms with Gasteiger partial charge in [0, 0.05) is 5.69 Å². The molecule has 0 amide bonds. The number of hydrogen-bond donors (Lipinski definition) is 1. The number of rotatable bonds is 2. The Bertz CT molecular complexity index is 381. The normalized spacial score (nSPS) is 20.0. The fraction of sp³-hybridized carbons (Fsp3) is 0.750. The van der Waals surface area contributed by atoms with Crippen LogP contribution in [0.1, 0.15) is 43.5 Å². The fourth-order valence-electron chi connectivity index (χ4n) is 2.48. The van der Waals surface area contributed by atoms with Crippen LogP contribution >= 0.6 is 15.9 Å². The van der Waals surface area contributed by atoms with Gasteiger partial charge in [0.1, 0.15) is 0 Å². The van der Waals surface area contributed by atoms with Crippen molar-refractivity contribution in [2.24, 2.45) is 0 Å². The third-order valence-corrected chi connectivity index (χ3v) is 4.67. The van der Waals surface area contributed by atoms with Crippen LogP contribution in [0.5, 0.6) is 0 Å². The van der Waals surface area contributed by atoms with E-state index in [1.54, 1.807) is 0 Å². The molecule has 2 rings (SSSR count). The average molecular weight is 287 g/mol. The Morgan fingerprint density at radius 1 is 1.31 bits per heavy atom. The topological polar surface area (TPSA) is 38.0 Å². The highest BCUT2D eigenvalue weighted by molar-refractivity contribution is 9.10. The van der Waals surface area contributed by atoms with Crippen LogP contribution in [0.3, 0.4) is 0 Å². The fourth-order valence-corrected chi connectivity index (χ4v) is 2.76. The Hall–Kier alpha value is -0.350. The predicted octanol–water partition coefficient (Wildman–Crippen LogP) is 2.96. The van der Waals surface area contributed by atoms with Gasteiger partial charge in [0.05, 0.1) is 22.3 Å². The number of aliphatic hydroxyl groups is 1. The molecular weight excluding hydrogens is 268 g/mol. The standard InChI is InChI=1S/C12H19BrN2O/c1-9-11(13)10(2)15(14-9)8-12(16)6-4-3-5-7-12/h16H,3-8H2,1-2H3. The van der Waals surface area contributed by atoms with Crippen molar-refractivity contribution in [1.82, 2.24) is 9.78 Å². The van der Waals surface area contributed by atoms with Crippen molar-refractivity contribution in [1.29, 1.82) is 0 Å². The van der Waals surface area contributed by atoms with Gasteiger partial charge in [-0.25, -0.2) is 0 Å². The summed E-state index contributed by atoms with van der Waals surface area (Å²) in [6.45, 7) is 4.65. The van der Waals surface area contributed by atoms with Crippen LogP contribution < -0.4 is 0 Å². The van der Waals surface area contributed by atoms with E-state index in [0.29, 0.717) is 6.54 Å². The lowest BCUT2D eigenvalue weighted by Crippen LogP contribution is -2.37. The zero-order valence-electron chi connectivity index (χ0n) is 9.96. The van der Waals surface area contributed by atoms with E-state index >= 15 is 0 Å². The number of nitrogens with zero attached hydrogens (tertiary/aromatic N) is 2. The summed E-state index contributed by atoms with van der Waals surface area (Å²) in [6.07, 6.45) is 5.34. The molecule has 1 fully saturated rings. The maximum absolute atomic E-state index is 10.5. The van der Waals surface area contributed by atoms with Gasteiger partial charge in [-0.1, -0.05) is 19.3 Å². The molecule has 0 aromatic carbocycles. The van der Waals surface area contributed by atoms with E-state index in [4.69, 9.17) is 0 Å². The van der Waals surface area contributed by atoms with Crippen molar-refractivity contribution < 1.29 is 5.11 Å². The van der Waals surface area contributed by atoms with Gasteiger partial charge < -0.3 is 5.11 Å². The first-order valence-corrected chi connectivity index (χ1v) is 6.73. The minimum atomic E-state index is -0.541. The SMILES string of the molecule is Cc1nn(CC2(O)CCCCC2)c(C)c1Br. The summed E-state index contributed by atoms with van der Waals surface area (Å²) in [4.78, 5) is 0. The molecule has 0 bridgehead atoms. The molecule has 1 aliphatic carbocycles. The third kappa shape index (κ3) is 2.33. The first-order chi connectivity index (χ1) is 7.52. The van der Waals surface area contributed by atoms with Crippen molar-refractivity contribution >= 4 is 15.9 Å². The highest BCUT2D eigenvalue weighted by Crippen LogP contribution is 2.30. The van der Waals surface area contributed by atoms with Gasteiger partial charge in [-0.3, -0.25) is 4.68 Å². The molecule has 90 valence electrons. The van der Waals surface area contributed by atoms with Crippen LogP contribution in [0.2, 0.25) is 0 Å². The molecule has 1 aliphatic rings. The lowest BCUT2D eigenvalue weighted by atomic mass is 9.85. The van der Waals surface area contributed by atoms with Crippen molar-refractivity contribution in [2.45, 2.75) is 58.1 Å². The van der Waals surface area contributed by atoms with Crippen LogP contribution in [0, 0.1) is 13.8 Å². The second kappa shape index (κ2) is 4.49. The molecule has 1 aromatic rings. The summed E-state index contributed by atoms with van der Waals surface area (Å²) in [7, 11) is 0. The van der Waals surface area contributed by atoms with Crippen LogP contribution in [-0.2, 0) is 6.54 Å². The molecule has 0 radical (unpaired) electrons. The summed E-state index contributed by atoms with van der Waals surface area (Å²) < 4.78 is 3.00. The molecule has 0 atom stereocenters. The molecule has 0 aliphatic heterocycles. The van der Waals surface area contributed by atoms with Gasteiger partial charge in [-0.05, 0) is 42.6 Å². The Labute approximate surface area is 105 Å². The Morgan fingerprint density at radius 2 is 1.94 bits per heavy atom. The maximum atomic E-state index is 10.5. The van der Waals surface area contributed by atoms with Gasteiger partial charge in [0.25, 0.3) is 0 Å². The Kier molecular flexibility index (Phi) is 3.40. The highest BCUT2D eigenvalue weighted by atomic mass is 79.9. The lowest BCUT2D eigenvalue weighted by molar-refractivity contribution is -0.0148. The van der Waals surface area contributed by atoms with Crippen molar-refractivity contribution in [3.05, 3.63) is 15.9 Å². The molecule has 0 spiro atoms. The van der Waals surface area contributed by atoms with Crippen molar-refractivity contribution in [2.75, 3.05) is 0 Å². The first-order valence-electron chi connectivity index (χ1n) is 5.94. The second-order valence-corrected chi connectivity index (χ2v) is 5.72. The molecule has 1 saturated carbocycles. The second-order valence-electron chi connectivity index (χ2n) is 4.93. The van der Waals surface area contributed by atoms with Crippen LogP contribution in [-0.4, -0.2) is 20.5 Å². The largest absolute Gasteiger partial charge is 0.388 e. The van der Waals surface area contributed by atoms with Crippen LogP contribution in [0.25, 0.3) is 0 Å². The maximum Gasteiger partial charge on any atom is 0.0842 e. The smallest absolute Gasteiger partial charge is 0.0842 e. The van der Waals surface area contributed by atoms with E-state index < -0.39 is 5.60 Å². The van der Waals surface area contributed by atoms with E-state index in [1.807, 2.05) is 18.5 Å². The van der Waals surface area contributed by atoms with E-state index in [2.05, 4.69) is 21.0 Å². The predicted molar refractivity (Wildman–Crippen MR) is 67.4 cm³/mol. The highest BCUT2D eigenvalue weighted by Gasteiger charge is 2.30. The number of aryl methyl sites for hydroxylation is 1. The minimum Gasteiger partial charge on any atom is -0.388 e. The van der Waals surface area contributed by atoms with Gasteiger partial charge in [0.15, 0.2) is 0 Å². The summed E-state index contributed by atoms with van der Waals surface area (Å²) in [5.74, 6) is 0. The van der Waals surface area contributed by atoms with Gasteiger partial charge >= 0.3 is 0 Å². The van der Waals surface area contributed by atoms with E-state index in [1.165, 1.54) is 6.42 Å². The Balaban J connectivity index is 2.16. The molecule has 1 heterocycles. The molecule has 1 N–H and O–H groups in total. The molecule has 0 unspecified atom stereocenters. The van der Waals surface area contributed by atoms with E-state index in [0.717, 1.165) is 41.5 Å². The lowest BCUT2D eigenvalue weighted by Gasteiger charge is -2.32. The van der Waals surface area contributed by atoms with Crippen LogP contribution in [0.4, 0.5) is 0 Å². The third-order valence-electron chi connectivity index (χ3n) is 3.52. The van der Waals surface area contributed by atoms with E-state index in [-0.39, 0.29) is 0 Å². The van der Waals surface area contributed by atoms with E-state index in [9.17, 15) is 5.11 Å². The first kappa shape index (κ1) is 12.1. The Morgan fingerprint density at radius 3 is 2.44 bits per heavy atom. The molecule has 3 nitrogen and oxygen atoms in total. The monoisotopic (exact) mass is 286 g/mol. The number of hydrogen-bond acceptors (Lipinski definition) is 2. The van der Waals surface area contributed by atoms with Crippen molar-refractivity contribution in [3.63, 3.8) is 0 Å². The summed E-state index contributed by atoms with van der Waals surface area (Å²) in [5.41, 5.74) is 1.56. The van der Waals surface area contributed by atoms with Gasteiger partial charge in [-0.15, -0.1) is 0 Å².